The van der Waals surface area contributed by atoms with Crippen molar-refractivity contribution in [1.29, 1.82) is 0 Å². The monoisotopic (exact) mass is 446 g/mol. The number of benzene rings is 1. The highest BCUT2D eigenvalue weighted by atomic mass is 16.1. The third kappa shape index (κ3) is 6.17. The maximum absolute atomic E-state index is 11.5. The summed E-state index contributed by atoms with van der Waals surface area (Å²) in [6.45, 7) is 9.33. The van der Waals surface area contributed by atoms with Crippen molar-refractivity contribution in [2.24, 2.45) is 0 Å². The molecule has 0 aliphatic carbocycles. The third-order valence-electron chi connectivity index (χ3n) is 5.59. The Balaban J connectivity index is 1.49. The molecule has 1 aromatic carbocycles. The van der Waals surface area contributed by atoms with Crippen LogP contribution in [-0.2, 0) is 17.6 Å². The second-order valence-electron chi connectivity index (χ2n) is 8.27. The largest absolute Gasteiger partial charge is 0.354 e. The van der Waals surface area contributed by atoms with Gasteiger partial charge in [-0.1, -0.05) is 18.7 Å². The zero-order valence-corrected chi connectivity index (χ0v) is 19.1. The average molecular weight is 447 g/mol. The molecule has 1 aliphatic rings. The Bertz CT molecular complexity index is 1100. The predicted octanol–water partition coefficient (Wildman–Crippen LogP) is 2.91. The van der Waals surface area contributed by atoms with Gasteiger partial charge in [0.2, 0.25) is 5.91 Å². The van der Waals surface area contributed by atoms with Crippen LogP contribution in [0.4, 0.5) is 23.1 Å². The van der Waals surface area contributed by atoms with Crippen LogP contribution in [0.1, 0.15) is 17.1 Å². The molecule has 1 saturated heterocycles. The second kappa shape index (κ2) is 10.3. The summed E-state index contributed by atoms with van der Waals surface area (Å²) >= 11 is 0. The highest BCUT2D eigenvalue weighted by Crippen LogP contribution is 2.21. The molecule has 2 aromatic heterocycles. The number of rotatable bonds is 8. The topological polar surface area (TPSA) is 102 Å². The maximum Gasteiger partial charge on any atom is 0.247 e. The molecule has 9 heteroatoms. The number of anilines is 4. The predicted molar refractivity (Wildman–Crippen MR) is 131 cm³/mol. The van der Waals surface area contributed by atoms with E-state index < -0.39 is 0 Å². The minimum Gasteiger partial charge on any atom is -0.354 e. The molecule has 0 spiro atoms. The molecule has 1 aliphatic heterocycles. The summed E-state index contributed by atoms with van der Waals surface area (Å²) in [6, 6.07) is 11.7. The summed E-state index contributed by atoms with van der Waals surface area (Å²) in [5.74, 6) is 2.97. The van der Waals surface area contributed by atoms with Crippen molar-refractivity contribution in [3.8, 4) is 0 Å². The number of H-pyrrole nitrogens is 1. The molecular weight excluding hydrogens is 416 g/mol. The number of aryl methyl sites for hydroxylation is 3. The van der Waals surface area contributed by atoms with E-state index in [1.54, 1.807) is 0 Å². The highest BCUT2D eigenvalue weighted by molar-refractivity contribution is 5.98. The summed E-state index contributed by atoms with van der Waals surface area (Å²) in [5.41, 5.74) is 2.88. The number of piperazine rings is 1. The highest BCUT2D eigenvalue weighted by Gasteiger charge is 2.17. The molecule has 172 valence electrons. The van der Waals surface area contributed by atoms with Gasteiger partial charge in [-0.15, -0.1) is 0 Å². The molecule has 1 fully saturated rings. The Kier molecular flexibility index (Phi) is 6.99. The smallest absolute Gasteiger partial charge is 0.247 e. The summed E-state index contributed by atoms with van der Waals surface area (Å²) in [5, 5.41) is 13.3. The number of hydrogen-bond donors (Lipinski definition) is 3. The lowest BCUT2D eigenvalue weighted by molar-refractivity contribution is -0.111. The summed E-state index contributed by atoms with van der Waals surface area (Å²) in [4.78, 5) is 25.7. The number of nitrogens with one attached hydrogen (secondary N) is 3. The Labute approximate surface area is 193 Å². The lowest BCUT2D eigenvalue weighted by atomic mass is 10.1. The average Bonchev–Trinajstić information content (AvgIpc) is 3.23. The van der Waals surface area contributed by atoms with Crippen LogP contribution in [0.15, 0.2) is 49.1 Å². The summed E-state index contributed by atoms with van der Waals surface area (Å²) in [7, 11) is 2.14. The Morgan fingerprint density at radius 2 is 1.85 bits per heavy atom. The molecule has 0 atom stereocenters. The zero-order valence-electron chi connectivity index (χ0n) is 19.1. The van der Waals surface area contributed by atoms with E-state index in [4.69, 9.17) is 9.97 Å². The first-order valence-electron chi connectivity index (χ1n) is 11.1. The van der Waals surface area contributed by atoms with Gasteiger partial charge in [-0.3, -0.25) is 9.89 Å². The number of aromatic amines is 1. The molecule has 0 unspecified atom stereocenters. The first-order chi connectivity index (χ1) is 16.0. The van der Waals surface area contributed by atoms with E-state index >= 15 is 0 Å². The van der Waals surface area contributed by atoms with Crippen molar-refractivity contribution in [2.45, 2.75) is 19.8 Å². The Hall–Kier alpha value is -3.72. The number of amides is 1. The van der Waals surface area contributed by atoms with E-state index in [1.165, 1.54) is 6.08 Å². The van der Waals surface area contributed by atoms with Crippen LogP contribution in [0.3, 0.4) is 0 Å². The molecular formula is C24H30N8O. The van der Waals surface area contributed by atoms with Gasteiger partial charge >= 0.3 is 0 Å². The lowest BCUT2D eigenvalue weighted by Gasteiger charge is -2.33. The molecule has 3 heterocycles. The quantitative estimate of drug-likeness (QED) is 0.457. The molecule has 0 radical (unpaired) electrons. The van der Waals surface area contributed by atoms with Crippen LogP contribution in [0.5, 0.6) is 0 Å². The normalized spacial score (nSPS) is 14.2. The molecule has 1 amide bonds. The van der Waals surface area contributed by atoms with E-state index in [0.717, 1.165) is 72.8 Å². The van der Waals surface area contributed by atoms with Crippen molar-refractivity contribution in [3.63, 3.8) is 0 Å². The van der Waals surface area contributed by atoms with Gasteiger partial charge in [0.25, 0.3) is 0 Å². The Morgan fingerprint density at radius 3 is 2.52 bits per heavy atom. The molecule has 3 N–H and O–H groups in total. The van der Waals surface area contributed by atoms with Crippen molar-refractivity contribution >= 4 is 29.0 Å². The number of nitrogens with zero attached hydrogens (tertiary/aromatic N) is 5. The molecule has 0 bridgehead atoms. The number of carbonyl (C=O) groups is 1. The molecule has 0 saturated carbocycles. The van der Waals surface area contributed by atoms with Gasteiger partial charge in [-0.2, -0.15) is 5.10 Å². The standard InChI is InChI=1S/C24H30N8O/c1-4-24(33)25-19-8-5-18(6-9-19)7-10-20-26-21(27-22-15-17(2)29-30-22)16-23(28-20)32-13-11-31(3)12-14-32/h4-6,8-9,15-16H,1,7,10-14H2,2-3H3,(H,25,33)(H2,26,27,28,29,30). The summed E-state index contributed by atoms with van der Waals surface area (Å²) < 4.78 is 0. The molecule has 9 nitrogen and oxygen atoms in total. The minimum absolute atomic E-state index is 0.219. The van der Waals surface area contributed by atoms with E-state index in [-0.39, 0.29) is 5.91 Å². The minimum atomic E-state index is -0.219. The maximum atomic E-state index is 11.5. The van der Waals surface area contributed by atoms with Gasteiger partial charge in [0.05, 0.1) is 0 Å². The number of likely N-dealkylation sites (N-methyl/N-ethyl adjacent to an activating group) is 1. The van der Waals surface area contributed by atoms with Crippen LogP contribution < -0.4 is 15.5 Å². The van der Waals surface area contributed by atoms with Crippen LogP contribution in [0.2, 0.25) is 0 Å². The van der Waals surface area contributed by atoms with Gasteiger partial charge in [0.1, 0.15) is 17.5 Å². The van der Waals surface area contributed by atoms with Gasteiger partial charge in [-0.25, -0.2) is 9.97 Å². The van der Waals surface area contributed by atoms with E-state index in [2.05, 4.69) is 44.3 Å². The van der Waals surface area contributed by atoms with Gasteiger partial charge in [0, 0.05) is 56.1 Å². The fraction of sp³-hybridized carbons (Fsp3) is 0.333. The summed E-state index contributed by atoms with van der Waals surface area (Å²) in [6.07, 6.45) is 2.76. The first kappa shape index (κ1) is 22.5. The second-order valence-corrected chi connectivity index (χ2v) is 8.27. The van der Waals surface area contributed by atoms with E-state index in [9.17, 15) is 4.79 Å². The lowest BCUT2D eigenvalue weighted by Crippen LogP contribution is -2.44. The third-order valence-corrected chi connectivity index (χ3v) is 5.59. The van der Waals surface area contributed by atoms with Gasteiger partial charge in [0.15, 0.2) is 5.82 Å². The van der Waals surface area contributed by atoms with Crippen LogP contribution in [0, 0.1) is 6.92 Å². The molecule has 33 heavy (non-hydrogen) atoms. The first-order valence-corrected chi connectivity index (χ1v) is 11.1. The number of aromatic nitrogens is 4. The van der Waals surface area contributed by atoms with E-state index in [0.29, 0.717) is 6.42 Å². The van der Waals surface area contributed by atoms with Crippen molar-refractivity contribution in [3.05, 3.63) is 66.1 Å². The Morgan fingerprint density at radius 1 is 1.09 bits per heavy atom. The van der Waals surface area contributed by atoms with Crippen molar-refractivity contribution in [1.82, 2.24) is 25.1 Å². The molecule has 3 aromatic rings. The van der Waals surface area contributed by atoms with Crippen molar-refractivity contribution < 1.29 is 4.79 Å². The number of hydrogen-bond acceptors (Lipinski definition) is 7. The van der Waals surface area contributed by atoms with Crippen molar-refractivity contribution in [2.75, 3.05) is 48.8 Å². The van der Waals surface area contributed by atoms with Crippen LogP contribution in [-0.4, -0.2) is 64.2 Å². The van der Waals surface area contributed by atoms with Gasteiger partial charge < -0.3 is 20.4 Å². The van der Waals surface area contributed by atoms with E-state index in [1.807, 2.05) is 43.3 Å². The zero-order chi connectivity index (χ0) is 23.2. The SMILES string of the molecule is C=CC(=O)Nc1ccc(CCc2nc(Nc3cc(C)[nH]n3)cc(N3CCN(C)CC3)n2)cc1. The molecule has 4 rings (SSSR count). The fourth-order valence-corrected chi connectivity index (χ4v) is 3.67. The van der Waals surface area contributed by atoms with Crippen LogP contribution >= 0.6 is 0 Å². The number of carbonyl (C=O) groups excluding carboxylic acids is 1. The van der Waals surface area contributed by atoms with Gasteiger partial charge in [-0.05, 0) is 44.2 Å². The van der Waals surface area contributed by atoms with Crippen LogP contribution in [0.25, 0.3) is 0 Å². The fourth-order valence-electron chi connectivity index (χ4n) is 3.67.